The highest BCUT2D eigenvalue weighted by Gasteiger charge is 2.06. The maximum absolute atomic E-state index is 5.57. The summed E-state index contributed by atoms with van der Waals surface area (Å²) in [6.45, 7) is 7.93. The normalized spacial score (nSPS) is 11.9. The largest absolute Gasteiger partial charge is 0.444 e. The molecule has 0 fully saturated rings. The summed E-state index contributed by atoms with van der Waals surface area (Å²) in [5.74, 6) is 2.26. The Kier molecular flexibility index (Phi) is 5.38. The Bertz CT molecular complexity index is 809. The minimum absolute atomic E-state index is 0.427. The van der Waals surface area contributed by atoms with Gasteiger partial charge in [0.05, 0.1) is 5.69 Å². The van der Waals surface area contributed by atoms with Crippen LogP contribution in [0.4, 0.5) is 0 Å². The number of aryl methyl sites for hydroxylation is 2. The third-order valence-corrected chi connectivity index (χ3v) is 4.06. The molecule has 6 nitrogen and oxygen atoms in total. The minimum Gasteiger partial charge on any atom is -0.444 e. The number of oxazole rings is 1. The molecule has 0 spiro atoms. The van der Waals surface area contributed by atoms with E-state index in [2.05, 4.69) is 49.9 Å². The summed E-state index contributed by atoms with van der Waals surface area (Å²) in [5, 5.41) is 7.84. The SMILES string of the molecule is CCNC(=NCc1nc(C)c(C)o1)NCCc1cc2ccccc2[nH]1. The van der Waals surface area contributed by atoms with Crippen LogP contribution in [0.2, 0.25) is 0 Å². The maximum Gasteiger partial charge on any atom is 0.216 e. The fourth-order valence-corrected chi connectivity index (χ4v) is 2.68. The Hall–Kier alpha value is -2.76. The van der Waals surface area contributed by atoms with Gasteiger partial charge in [-0.25, -0.2) is 9.98 Å². The van der Waals surface area contributed by atoms with Crippen LogP contribution in [0.3, 0.4) is 0 Å². The first kappa shape index (κ1) is 17.1. The van der Waals surface area contributed by atoms with E-state index >= 15 is 0 Å². The lowest BCUT2D eigenvalue weighted by molar-refractivity contribution is 0.473. The lowest BCUT2D eigenvalue weighted by Gasteiger charge is -2.10. The lowest BCUT2D eigenvalue weighted by Crippen LogP contribution is -2.38. The lowest BCUT2D eigenvalue weighted by atomic mass is 10.2. The molecule has 0 saturated heterocycles. The summed E-state index contributed by atoms with van der Waals surface area (Å²) in [6.07, 6.45) is 0.899. The van der Waals surface area contributed by atoms with Crippen molar-refractivity contribution in [1.29, 1.82) is 0 Å². The molecule has 0 radical (unpaired) electrons. The van der Waals surface area contributed by atoms with Gasteiger partial charge < -0.3 is 20.0 Å². The zero-order chi connectivity index (χ0) is 17.6. The number of nitrogens with zero attached hydrogens (tertiary/aromatic N) is 2. The average Bonchev–Trinajstić information content (AvgIpc) is 3.15. The first-order valence-electron chi connectivity index (χ1n) is 8.67. The topological polar surface area (TPSA) is 78.2 Å². The van der Waals surface area contributed by atoms with Gasteiger partial charge in [0.1, 0.15) is 12.3 Å². The van der Waals surface area contributed by atoms with Crippen molar-refractivity contribution < 1.29 is 4.42 Å². The van der Waals surface area contributed by atoms with Gasteiger partial charge in [-0.3, -0.25) is 0 Å². The van der Waals surface area contributed by atoms with Crippen LogP contribution in [0.1, 0.15) is 30.0 Å². The van der Waals surface area contributed by atoms with Gasteiger partial charge in [0, 0.05) is 30.7 Å². The maximum atomic E-state index is 5.57. The van der Waals surface area contributed by atoms with Crippen molar-refractivity contribution >= 4 is 16.9 Å². The van der Waals surface area contributed by atoms with Crippen molar-refractivity contribution in [3.05, 3.63) is 53.4 Å². The molecule has 132 valence electrons. The summed E-state index contributed by atoms with van der Waals surface area (Å²) in [6, 6.07) is 10.5. The summed E-state index contributed by atoms with van der Waals surface area (Å²) in [7, 11) is 0. The molecule has 0 saturated carbocycles. The van der Waals surface area contributed by atoms with Crippen LogP contribution in [-0.2, 0) is 13.0 Å². The van der Waals surface area contributed by atoms with E-state index in [-0.39, 0.29) is 0 Å². The van der Waals surface area contributed by atoms with Crippen molar-refractivity contribution in [1.82, 2.24) is 20.6 Å². The molecule has 6 heteroatoms. The number of hydrogen-bond acceptors (Lipinski definition) is 3. The number of aliphatic imine (C=N–C) groups is 1. The fourth-order valence-electron chi connectivity index (χ4n) is 2.68. The van der Waals surface area contributed by atoms with Gasteiger partial charge in [-0.2, -0.15) is 0 Å². The second kappa shape index (κ2) is 7.88. The van der Waals surface area contributed by atoms with Gasteiger partial charge in [-0.15, -0.1) is 0 Å². The predicted molar refractivity (Wildman–Crippen MR) is 101 cm³/mol. The second-order valence-corrected chi connectivity index (χ2v) is 6.00. The number of guanidine groups is 1. The van der Waals surface area contributed by atoms with E-state index in [1.54, 1.807) is 0 Å². The van der Waals surface area contributed by atoms with E-state index in [4.69, 9.17) is 4.42 Å². The van der Waals surface area contributed by atoms with Crippen LogP contribution in [0, 0.1) is 13.8 Å². The Morgan fingerprint density at radius 1 is 1.24 bits per heavy atom. The van der Waals surface area contributed by atoms with Crippen molar-refractivity contribution in [3.63, 3.8) is 0 Å². The number of H-pyrrole nitrogens is 1. The van der Waals surface area contributed by atoms with Gasteiger partial charge in [0.2, 0.25) is 5.89 Å². The van der Waals surface area contributed by atoms with E-state index in [9.17, 15) is 0 Å². The quantitative estimate of drug-likeness (QED) is 0.476. The van der Waals surface area contributed by atoms with Crippen LogP contribution < -0.4 is 10.6 Å². The van der Waals surface area contributed by atoms with Crippen molar-refractivity contribution in [2.45, 2.75) is 33.7 Å². The Balaban J connectivity index is 1.56. The van der Waals surface area contributed by atoms with Crippen LogP contribution in [0.15, 0.2) is 39.7 Å². The molecule has 2 aromatic heterocycles. The monoisotopic (exact) mass is 339 g/mol. The van der Waals surface area contributed by atoms with Gasteiger partial charge in [-0.1, -0.05) is 18.2 Å². The van der Waals surface area contributed by atoms with Crippen molar-refractivity contribution in [3.8, 4) is 0 Å². The standard InChI is InChI=1S/C19H25N5O/c1-4-20-19(22-12-18-23-13(2)14(3)25-18)21-10-9-16-11-15-7-5-6-8-17(15)24-16/h5-8,11,24H,4,9-10,12H2,1-3H3,(H2,20,21,22). The summed E-state index contributed by atoms with van der Waals surface area (Å²) < 4.78 is 5.57. The van der Waals surface area contributed by atoms with E-state index in [1.165, 1.54) is 16.6 Å². The second-order valence-electron chi connectivity index (χ2n) is 6.00. The Morgan fingerprint density at radius 3 is 2.80 bits per heavy atom. The van der Waals surface area contributed by atoms with Crippen LogP contribution in [0.5, 0.6) is 0 Å². The molecule has 0 aliphatic carbocycles. The van der Waals surface area contributed by atoms with E-state index in [0.29, 0.717) is 12.4 Å². The molecule has 1 aromatic carbocycles. The molecule has 2 heterocycles. The highest BCUT2D eigenvalue weighted by atomic mass is 16.4. The molecular weight excluding hydrogens is 314 g/mol. The molecule has 0 unspecified atom stereocenters. The summed E-state index contributed by atoms with van der Waals surface area (Å²) in [5.41, 5.74) is 3.30. The van der Waals surface area contributed by atoms with Crippen molar-refractivity contribution in [2.24, 2.45) is 4.99 Å². The molecule has 3 rings (SSSR count). The fraction of sp³-hybridized carbons (Fsp3) is 0.368. The van der Waals surface area contributed by atoms with Gasteiger partial charge >= 0.3 is 0 Å². The molecule has 3 N–H and O–H groups in total. The average molecular weight is 339 g/mol. The van der Waals surface area contributed by atoms with Gasteiger partial charge in [-0.05, 0) is 38.3 Å². The highest BCUT2D eigenvalue weighted by Crippen LogP contribution is 2.14. The number of fused-ring (bicyclic) bond motifs is 1. The number of rotatable bonds is 6. The third kappa shape index (κ3) is 4.41. The molecule has 0 amide bonds. The Labute approximate surface area is 147 Å². The molecule has 3 aromatic rings. The number of aromatic amines is 1. The number of para-hydroxylation sites is 1. The van der Waals surface area contributed by atoms with Crippen LogP contribution in [0.25, 0.3) is 10.9 Å². The number of aromatic nitrogens is 2. The van der Waals surface area contributed by atoms with Gasteiger partial charge in [0.25, 0.3) is 0 Å². The molecule has 25 heavy (non-hydrogen) atoms. The molecule has 0 aliphatic rings. The van der Waals surface area contributed by atoms with E-state index in [0.717, 1.165) is 36.9 Å². The first-order valence-corrected chi connectivity index (χ1v) is 8.67. The van der Waals surface area contributed by atoms with Crippen LogP contribution in [-0.4, -0.2) is 29.0 Å². The smallest absolute Gasteiger partial charge is 0.216 e. The number of hydrogen-bond donors (Lipinski definition) is 3. The number of benzene rings is 1. The zero-order valence-corrected chi connectivity index (χ0v) is 15.0. The van der Waals surface area contributed by atoms with Gasteiger partial charge in [0.15, 0.2) is 5.96 Å². The van der Waals surface area contributed by atoms with E-state index < -0.39 is 0 Å². The summed E-state index contributed by atoms with van der Waals surface area (Å²) in [4.78, 5) is 12.3. The number of nitrogens with one attached hydrogen (secondary N) is 3. The predicted octanol–water partition coefficient (Wildman–Crippen LogP) is 3.07. The van der Waals surface area contributed by atoms with E-state index in [1.807, 2.05) is 26.8 Å². The molecular formula is C19H25N5O. The minimum atomic E-state index is 0.427. The van der Waals surface area contributed by atoms with Crippen molar-refractivity contribution in [2.75, 3.05) is 13.1 Å². The Morgan fingerprint density at radius 2 is 2.08 bits per heavy atom. The molecule has 0 aliphatic heterocycles. The van der Waals surface area contributed by atoms with Crippen LogP contribution >= 0.6 is 0 Å². The molecule has 0 bridgehead atoms. The zero-order valence-electron chi connectivity index (χ0n) is 15.0. The first-order chi connectivity index (χ1) is 12.2. The molecule has 0 atom stereocenters. The third-order valence-electron chi connectivity index (χ3n) is 4.06. The highest BCUT2D eigenvalue weighted by molar-refractivity contribution is 5.81. The summed E-state index contributed by atoms with van der Waals surface area (Å²) >= 11 is 0.